The highest BCUT2D eigenvalue weighted by Crippen LogP contribution is 2.33. The molecular formula is C16H24N4O. The Kier molecular flexibility index (Phi) is 3.78. The molecule has 3 aliphatic rings. The van der Waals surface area contributed by atoms with Crippen molar-refractivity contribution in [3.8, 4) is 0 Å². The molecule has 2 saturated carbocycles. The lowest BCUT2D eigenvalue weighted by Gasteiger charge is -2.34. The largest absolute Gasteiger partial charge is 0.378 e. The molecule has 5 heteroatoms. The van der Waals surface area contributed by atoms with E-state index in [-0.39, 0.29) is 6.04 Å². The zero-order chi connectivity index (χ0) is 14.1. The van der Waals surface area contributed by atoms with Gasteiger partial charge in [-0.05, 0) is 43.6 Å². The quantitative estimate of drug-likeness (QED) is 0.868. The van der Waals surface area contributed by atoms with Gasteiger partial charge >= 0.3 is 0 Å². The summed E-state index contributed by atoms with van der Waals surface area (Å²) < 4.78 is 5.67. The number of morpholine rings is 1. The highest BCUT2D eigenvalue weighted by Gasteiger charge is 2.32. The van der Waals surface area contributed by atoms with Crippen LogP contribution in [0.25, 0.3) is 0 Å². The van der Waals surface area contributed by atoms with E-state index in [1.54, 1.807) is 0 Å². The fourth-order valence-corrected chi connectivity index (χ4v) is 2.93. The topological polar surface area (TPSA) is 50.3 Å². The van der Waals surface area contributed by atoms with Crippen molar-refractivity contribution >= 4 is 5.82 Å². The van der Waals surface area contributed by atoms with Gasteiger partial charge in [-0.3, -0.25) is 4.90 Å². The Bertz CT molecular complexity index is 487. The summed E-state index contributed by atoms with van der Waals surface area (Å²) in [6, 6.07) is 2.20. The molecule has 1 aromatic rings. The van der Waals surface area contributed by atoms with Crippen LogP contribution in [0.1, 0.15) is 37.5 Å². The molecule has 3 fully saturated rings. The van der Waals surface area contributed by atoms with E-state index >= 15 is 0 Å². The lowest BCUT2D eigenvalue weighted by Crippen LogP contribution is -2.41. The monoisotopic (exact) mass is 288 g/mol. The molecule has 5 nitrogen and oxygen atoms in total. The lowest BCUT2D eigenvalue weighted by molar-refractivity contribution is -0.0137. The number of ether oxygens (including phenoxy) is 1. The molecule has 114 valence electrons. The number of aromatic nitrogens is 2. The minimum Gasteiger partial charge on any atom is -0.378 e. The van der Waals surface area contributed by atoms with Gasteiger partial charge in [0.15, 0.2) is 0 Å². The summed E-state index contributed by atoms with van der Waals surface area (Å²) in [7, 11) is 0. The van der Waals surface area contributed by atoms with Crippen LogP contribution in [0, 0.1) is 11.8 Å². The van der Waals surface area contributed by atoms with Crippen molar-refractivity contribution in [3.05, 3.63) is 18.1 Å². The van der Waals surface area contributed by atoms with E-state index in [4.69, 9.17) is 9.72 Å². The third-order valence-electron chi connectivity index (χ3n) is 4.67. The van der Waals surface area contributed by atoms with Crippen molar-refractivity contribution in [2.75, 3.05) is 38.2 Å². The van der Waals surface area contributed by atoms with Gasteiger partial charge < -0.3 is 10.1 Å². The molecule has 1 saturated heterocycles. The van der Waals surface area contributed by atoms with Gasteiger partial charge in [0, 0.05) is 25.8 Å². The molecule has 2 aliphatic carbocycles. The zero-order valence-corrected chi connectivity index (χ0v) is 12.5. The Morgan fingerprint density at radius 2 is 2.10 bits per heavy atom. The van der Waals surface area contributed by atoms with Crippen LogP contribution in [0.3, 0.4) is 0 Å². The normalized spacial score (nSPS) is 26.8. The first kappa shape index (κ1) is 13.5. The first-order valence-corrected chi connectivity index (χ1v) is 8.27. The average Bonchev–Trinajstić information content (AvgIpc) is 3.41. The number of anilines is 1. The predicted molar refractivity (Wildman–Crippen MR) is 81.1 cm³/mol. The van der Waals surface area contributed by atoms with Gasteiger partial charge in [-0.2, -0.15) is 0 Å². The van der Waals surface area contributed by atoms with Crippen molar-refractivity contribution in [1.82, 2.24) is 14.9 Å². The molecule has 4 rings (SSSR count). The molecule has 1 N–H and O–H groups in total. The minimum atomic E-state index is 0.224. The van der Waals surface area contributed by atoms with E-state index in [0.717, 1.165) is 49.8 Å². The van der Waals surface area contributed by atoms with Gasteiger partial charge in [-0.25, -0.2) is 9.97 Å². The summed E-state index contributed by atoms with van der Waals surface area (Å²) in [5.74, 6) is 3.62. The van der Waals surface area contributed by atoms with E-state index in [9.17, 15) is 0 Å². The molecule has 0 spiro atoms. The summed E-state index contributed by atoms with van der Waals surface area (Å²) in [6.45, 7) is 4.78. The summed E-state index contributed by atoms with van der Waals surface area (Å²) in [4.78, 5) is 11.8. The molecule has 1 aromatic heterocycles. The van der Waals surface area contributed by atoms with Gasteiger partial charge in [0.25, 0.3) is 0 Å². The van der Waals surface area contributed by atoms with Crippen molar-refractivity contribution in [2.24, 2.45) is 11.8 Å². The highest BCUT2D eigenvalue weighted by atomic mass is 16.5. The molecular weight excluding hydrogens is 264 g/mol. The van der Waals surface area contributed by atoms with E-state index in [2.05, 4.69) is 15.2 Å². The van der Waals surface area contributed by atoms with Gasteiger partial charge in [0.05, 0.1) is 19.3 Å². The predicted octanol–water partition coefficient (Wildman–Crippen LogP) is 2.08. The average molecular weight is 288 g/mol. The fourth-order valence-electron chi connectivity index (χ4n) is 2.93. The van der Waals surface area contributed by atoms with E-state index < -0.39 is 0 Å². The Hall–Kier alpha value is -1.20. The van der Waals surface area contributed by atoms with Crippen molar-refractivity contribution in [1.29, 1.82) is 0 Å². The zero-order valence-electron chi connectivity index (χ0n) is 12.5. The van der Waals surface area contributed by atoms with Crippen LogP contribution >= 0.6 is 0 Å². The summed E-state index contributed by atoms with van der Waals surface area (Å²) >= 11 is 0. The SMILES string of the molecule is c1cc(NCC2CC2)nc([C@H]2COCCN2CC2CC2)n1. The van der Waals surface area contributed by atoms with Crippen LogP contribution < -0.4 is 5.32 Å². The van der Waals surface area contributed by atoms with Crippen LogP contribution in [0.2, 0.25) is 0 Å². The van der Waals surface area contributed by atoms with Crippen LogP contribution in [0.4, 0.5) is 5.82 Å². The Morgan fingerprint density at radius 1 is 1.24 bits per heavy atom. The molecule has 1 atom stereocenters. The lowest BCUT2D eigenvalue weighted by atomic mass is 10.2. The summed E-state index contributed by atoms with van der Waals surface area (Å²) in [5.41, 5.74) is 0. The Balaban J connectivity index is 1.45. The summed E-state index contributed by atoms with van der Waals surface area (Å²) in [6.07, 6.45) is 7.36. The van der Waals surface area contributed by atoms with Crippen molar-refractivity contribution in [3.63, 3.8) is 0 Å². The maximum atomic E-state index is 5.67. The molecule has 21 heavy (non-hydrogen) atoms. The molecule has 0 bridgehead atoms. The van der Waals surface area contributed by atoms with Crippen molar-refractivity contribution < 1.29 is 4.74 Å². The first-order valence-electron chi connectivity index (χ1n) is 8.27. The fraction of sp³-hybridized carbons (Fsp3) is 0.750. The second-order valence-corrected chi connectivity index (χ2v) is 6.65. The maximum Gasteiger partial charge on any atom is 0.150 e. The smallest absolute Gasteiger partial charge is 0.150 e. The minimum absolute atomic E-state index is 0.224. The third kappa shape index (κ3) is 3.52. The molecule has 0 unspecified atom stereocenters. The van der Waals surface area contributed by atoms with Crippen LogP contribution in [-0.4, -0.2) is 47.7 Å². The molecule has 2 heterocycles. The van der Waals surface area contributed by atoms with Gasteiger partial charge in [0.1, 0.15) is 11.6 Å². The number of hydrogen-bond donors (Lipinski definition) is 1. The standard InChI is InChI=1S/C16H24N4O/c1-2-12(1)9-18-15-5-6-17-16(19-15)14-11-21-8-7-20(14)10-13-3-4-13/h5-6,12-14H,1-4,7-11H2,(H,17,18,19)/t14-/m1/s1. The van der Waals surface area contributed by atoms with E-state index in [1.165, 1.54) is 32.2 Å². The Labute approximate surface area is 126 Å². The molecule has 1 aliphatic heterocycles. The molecule has 0 aromatic carbocycles. The van der Waals surface area contributed by atoms with Crippen LogP contribution in [0.15, 0.2) is 12.3 Å². The summed E-state index contributed by atoms with van der Waals surface area (Å²) in [5, 5.41) is 3.44. The number of nitrogens with one attached hydrogen (secondary N) is 1. The van der Waals surface area contributed by atoms with E-state index in [1.807, 2.05) is 12.3 Å². The Morgan fingerprint density at radius 3 is 2.90 bits per heavy atom. The molecule has 0 amide bonds. The van der Waals surface area contributed by atoms with Crippen LogP contribution in [0.5, 0.6) is 0 Å². The van der Waals surface area contributed by atoms with Gasteiger partial charge in [-0.15, -0.1) is 0 Å². The van der Waals surface area contributed by atoms with Gasteiger partial charge in [0.2, 0.25) is 0 Å². The maximum absolute atomic E-state index is 5.67. The second kappa shape index (κ2) is 5.89. The van der Waals surface area contributed by atoms with Gasteiger partial charge in [-0.1, -0.05) is 0 Å². The number of hydrogen-bond acceptors (Lipinski definition) is 5. The molecule has 0 radical (unpaired) electrons. The number of rotatable bonds is 6. The number of nitrogens with zero attached hydrogens (tertiary/aromatic N) is 3. The third-order valence-corrected chi connectivity index (χ3v) is 4.67. The second-order valence-electron chi connectivity index (χ2n) is 6.65. The first-order chi connectivity index (χ1) is 10.4. The van der Waals surface area contributed by atoms with E-state index in [0.29, 0.717) is 0 Å². The van der Waals surface area contributed by atoms with Crippen LogP contribution in [-0.2, 0) is 4.74 Å². The highest BCUT2D eigenvalue weighted by molar-refractivity contribution is 5.33. The van der Waals surface area contributed by atoms with Crippen molar-refractivity contribution in [2.45, 2.75) is 31.7 Å².